The summed E-state index contributed by atoms with van der Waals surface area (Å²) in [5.41, 5.74) is 0. The molecule has 7 nitrogen and oxygen atoms in total. The van der Waals surface area contributed by atoms with Gasteiger partial charge in [0, 0.05) is 19.1 Å². The van der Waals surface area contributed by atoms with Crippen molar-refractivity contribution in [2.75, 3.05) is 19.6 Å². The second-order valence-corrected chi connectivity index (χ2v) is 7.76. The second kappa shape index (κ2) is 6.93. The van der Waals surface area contributed by atoms with E-state index in [0.717, 1.165) is 19.4 Å². The number of amides is 1. The average Bonchev–Trinajstić information content (AvgIpc) is 3.19. The van der Waals surface area contributed by atoms with Crippen LogP contribution in [0.4, 0.5) is 4.79 Å². The zero-order valence-corrected chi connectivity index (χ0v) is 13.5. The summed E-state index contributed by atoms with van der Waals surface area (Å²) in [6.45, 7) is 5.19. The molecule has 1 aliphatic heterocycles. The molecular weight excluding hydrogens is 294 g/mol. The number of nitrogens with zero attached hydrogens (tertiary/aromatic N) is 1. The molecular formula is C13H25N3O4S. The quantitative estimate of drug-likeness (QED) is 0.757. The van der Waals surface area contributed by atoms with Gasteiger partial charge in [0.05, 0.1) is 6.10 Å². The van der Waals surface area contributed by atoms with Crippen LogP contribution in [0.15, 0.2) is 0 Å². The van der Waals surface area contributed by atoms with Crippen molar-refractivity contribution in [2.24, 2.45) is 5.92 Å². The SMILES string of the molecule is CC(C)OC(=O)NS(=O)(=O)N1CCC(CNC2CC2)CC1. The zero-order chi connectivity index (χ0) is 15.5. The third kappa shape index (κ3) is 5.44. The molecule has 2 aliphatic rings. The van der Waals surface area contributed by atoms with Gasteiger partial charge in [-0.3, -0.25) is 0 Å². The highest BCUT2D eigenvalue weighted by Crippen LogP contribution is 2.22. The Morgan fingerprint density at radius 3 is 2.38 bits per heavy atom. The molecule has 0 aromatic carbocycles. The first-order chi connectivity index (χ1) is 9.87. The maximum atomic E-state index is 12.1. The fourth-order valence-corrected chi connectivity index (χ4v) is 3.46. The van der Waals surface area contributed by atoms with Crippen molar-refractivity contribution < 1.29 is 17.9 Å². The van der Waals surface area contributed by atoms with Gasteiger partial charge < -0.3 is 10.1 Å². The van der Waals surface area contributed by atoms with Crippen LogP contribution in [0.5, 0.6) is 0 Å². The second-order valence-electron chi connectivity index (χ2n) is 6.09. The number of piperidine rings is 1. The third-order valence-electron chi connectivity index (χ3n) is 3.74. The first kappa shape index (κ1) is 16.5. The fourth-order valence-electron chi connectivity index (χ4n) is 2.38. The molecule has 0 atom stereocenters. The van der Waals surface area contributed by atoms with Crippen LogP contribution in [-0.2, 0) is 14.9 Å². The van der Waals surface area contributed by atoms with Crippen LogP contribution in [-0.4, -0.2) is 50.6 Å². The maximum Gasteiger partial charge on any atom is 0.422 e. The number of hydrogen-bond donors (Lipinski definition) is 2. The van der Waals surface area contributed by atoms with Gasteiger partial charge in [0.1, 0.15) is 0 Å². The minimum Gasteiger partial charge on any atom is -0.446 e. The molecule has 1 aliphatic carbocycles. The lowest BCUT2D eigenvalue weighted by Crippen LogP contribution is -2.48. The Labute approximate surface area is 126 Å². The van der Waals surface area contributed by atoms with Crippen molar-refractivity contribution in [3.8, 4) is 0 Å². The lowest BCUT2D eigenvalue weighted by Gasteiger charge is -2.31. The van der Waals surface area contributed by atoms with Gasteiger partial charge in [0.15, 0.2) is 0 Å². The van der Waals surface area contributed by atoms with Gasteiger partial charge in [-0.25, -0.2) is 9.52 Å². The number of carbonyl (C=O) groups excluding carboxylic acids is 1. The molecule has 0 spiro atoms. The predicted molar refractivity (Wildman–Crippen MR) is 79.0 cm³/mol. The highest BCUT2D eigenvalue weighted by atomic mass is 32.2. The topological polar surface area (TPSA) is 87.7 Å². The third-order valence-corrected chi connectivity index (χ3v) is 5.21. The van der Waals surface area contributed by atoms with Crippen molar-refractivity contribution in [2.45, 2.75) is 51.7 Å². The fraction of sp³-hybridized carbons (Fsp3) is 0.923. The van der Waals surface area contributed by atoms with E-state index in [1.165, 1.54) is 17.1 Å². The highest BCUT2D eigenvalue weighted by Gasteiger charge is 2.30. The summed E-state index contributed by atoms with van der Waals surface area (Å²) in [6.07, 6.45) is 2.89. The number of hydrogen-bond acceptors (Lipinski definition) is 5. The molecule has 1 amide bonds. The van der Waals surface area contributed by atoms with E-state index < -0.39 is 16.3 Å². The minimum absolute atomic E-state index is 0.348. The largest absolute Gasteiger partial charge is 0.446 e. The maximum absolute atomic E-state index is 12.1. The Morgan fingerprint density at radius 1 is 1.24 bits per heavy atom. The van der Waals surface area contributed by atoms with Gasteiger partial charge in [0.2, 0.25) is 0 Å². The highest BCUT2D eigenvalue weighted by molar-refractivity contribution is 7.87. The van der Waals surface area contributed by atoms with Crippen LogP contribution >= 0.6 is 0 Å². The Morgan fingerprint density at radius 2 is 1.86 bits per heavy atom. The van der Waals surface area contributed by atoms with E-state index in [-0.39, 0.29) is 6.10 Å². The average molecular weight is 319 g/mol. The summed E-state index contributed by atoms with van der Waals surface area (Å²) in [5, 5.41) is 3.48. The van der Waals surface area contributed by atoms with E-state index in [4.69, 9.17) is 4.74 Å². The van der Waals surface area contributed by atoms with Crippen LogP contribution in [0, 0.1) is 5.92 Å². The van der Waals surface area contributed by atoms with Gasteiger partial charge in [0.25, 0.3) is 0 Å². The summed E-state index contributed by atoms with van der Waals surface area (Å²) >= 11 is 0. The van der Waals surface area contributed by atoms with Gasteiger partial charge in [-0.05, 0) is 52.0 Å². The summed E-state index contributed by atoms with van der Waals surface area (Å²) in [7, 11) is -3.78. The lowest BCUT2D eigenvalue weighted by molar-refractivity contribution is 0.120. The molecule has 0 aromatic heterocycles. The molecule has 1 heterocycles. The normalized spacial score (nSPS) is 21.5. The van der Waals surface area contributed by atoms with Crippen molar-refractivity contribution in [3.05, 3.63) is 0 Å². The molecule has 0 radical (unpaired) electrons. The van der Waals surface area contributed by atoms with Crippen LogP contribution in [0.1, 0.15) is 39.5 Å². The molecule has 8 heteroatoms. The molecule has 0 aromatic rings. The first-order valence-electron chi connectivity index (χ1n) is 7.58. The van der Waals surface area contributed by atoms with Crippen molar-refractivity contribution in [1.82, 2.24) is 14.3 Å². The lowest BCUT2D eigenvalue weighted by atomic mass is 9.98. The summed E-state index contributed by atoms with van der Waals surface area (Å²) < 4.78 is 32.2. The smallest absolute Gasteiger partial charge is 0.422 e. The monoisotopic (exact) mass is 319 g/mol. The van der Waals surface area contributed by atoms with E-state index in [1.54, 1.807) is 13.8 Å². The summed E-state index contributed by atoms with van der Waals surface area (Å²) in [6, 6.07) is 0.680. The first-order valence-corrected chi connectivity index (χ1v) is 9.02. The zero-order valence-electron chi connectivity index (χ0n) is 12.7. The van der Waals surface area contributed by atoms with E-state index in [1.807, 2.05) is 4.72 Å². The van der Waals surface area contributed by atoms with E-state index >= 15 is 0 Å². The minimum atomic E-state index is -3.78. The Kier molecular flexibility index (Phi) is 5.45. The van der Waals surface area contributed by atoms with E-state index in [9.17, 15) is 13.2 Å². The van der Waals surface area contributed by atoms with Crippen molar-refractivity contribution in [3.63, 3.8) is 0 Å². The summed E-state index contributed by atoms with van der Waals surface area (Å²) in [5.74, 6) is 0.514. The molecule has 2 fully saturated rings. The molecule has 0 unspecified atom stereocenters. The van der Waals surface area contributed by atoms with Crippen molar-refractivity contribution in [1.29, 1.82) is 0 Å². The molecule has 21 heavy (non-hydrogen) atoms. The standard InChI is InChI=1S/C13H25N3O4S/c1-10(2)20-13(17)15-21(18,19)16-7-5-11(6-8-16)9-14-12-3-4-12/h10-12,14H,3-9H2,1-2H3,(H,15,17). The number of nitrogens with one attached hydrogen (secondary N) is 2. The van der Waals surface area contributed by atoms with Gasteiger partial charge in [-0.2, -0.15) is 12.7 Å². The number of rotatable bonds is 6. The molecule has 2 N–H and O–H groups in total. The van der Waals surface area contributed by atoms with E-state index in [0.29, 0.717) is 25.0 Å². The molecule has 1 saturated carbocycles. The van der Waals surface area contributed by atoms with Gasteiger partial charge >= 0.3 is 16.3 Å². The van der Waals surface area contributed by atoms with Crippen molar-refractivity contribution >= 4 is 16.3 Å². The molecule has 1 saturated heterocycles. The Balaban J connectivity index is 1.75. The Bertz CT molecular complexity index is 454. The van der Waals surface area contributed by atoms with Crippen LogP contribution in [0.25, 0.3) is 0 Å². The van der Waals surface area contributed by atoms with Gasteiger partial charge in [-0.1, -0.05) is 0 Å². The summed E-state index contributed by atoms with van der Waals surface area (Å²) in [4.78, 5) is 11.4. The predicted octanol–water partition coefficient (Wildman–Crippen LogP) is 0.830. The molecule has 0 bridgehead atoms. The number of ether oxygens (including phenoxy) is 1. The molecule has 2 rings (SSSR count). The van der Waals surface area contributed by atoms with Gasteiger partial charge in [-0.15, -0.1) is 0 Å². The van der Waals surface area contributed by atoms with E-state index in [2.05, 4.69) is 5.32 Å². The Hall–Kier alpha value is -0.860. The molecule has 122 valence electrons. The van der Waals surface area contributed by atoms with Crippen LogP contribution in [0.2, 0.25) is 0 Å². The van der Waals surface area contributed by atoms with Crippen LogP contribution in [0.3, 0.4) is 0 Å². The van der Waals surface area contributed by atoms with Crippen LogP contribution < -0.4 is 10.0 Å². The number of carbonyl (C=O) groups is 1.